The number of nitrogens with zero attached hydrogens (tertiary/aromatic N) is 2. The van der Waals surface area contributed by atoms with E-state index in [-0.39, 0.29) is 36.6 Å². The maximum atomic E-state index is 12.7. The number of allylic oxidation sites excluding steroid dienone is 1. The van der Waals surface area contributed by atoms with Crippen LogP contribution in [0.2, 0.25) is 0 Å². The van der Waals surface area contributed by atoms with E-state index in [0.29, 0.717) is 18.7 Å². The Morgan fingerprint density at radius 2 is 1.52 bits per heavy atom. The largest absolute Gasteiger partial charge is 0.416 e. The molecule has 3 rings (SSSR count). The van der Waals surface area contributed by atoms with Crippen LogP contribution in [0.3, 0.4) is 0 Å². The average Bonchev–Trinajstić information content (AvgIpc) is 2.73. The summed E-state index contributed by atoms with van der Waals surface area (Å²) in [5.41, 5.74) is -0.0396. The van der Waals surface area contributed by atoms with E-state index in [1.165, 1.54) is 18.3 Å². The zero-order valence-corrected chi connectivity index (χ0v) is 17.3. The summed E-state index contributed by atoms with van der Waals surface area (Å²) in [6.07, 6.45) is -2.71. The molecule has 1 aliphatic carbocycles. The van der Waals surface area contributed by atoms with E-state index < -0.39 is 17.7 Å². The number of rotatable bonds is 7. The Kier molecular flexibility index (Phi) is 7.85. The standard InChI is InChI=1S/C22H28F3N3O3/c23-22(24,25)18-3-1-16(2-4-18)17-13-20(30)19(21(31)14-17)15-26-5-6-27-7-9-28(10-8-27)11-12-29/h1-4,15,17,26,29H,5-14H2. The van der Waals surface area contributed by atoms with Gasteiger partial charge in [0.15, 0.2) is 11.6 Å². The average molecular weight is 439 g/mol. The summed E-state index contributed by atoms with van der Waals surface area (Å²) < 4.78 is 38.1. The molecular weight excluding hydrogens is 411 g/mol. The minimum absolute atomic E-state index is 0.109. The maximum Gasteiger partial charge on any atom is 0.416 e. The first-order valence-electron chi connectivity index (χ1n) is 10.5. The molecular formula is C22H28F3N3O3. The highest BCUT2D eigenvalue weighted by molar-refractivity contribution is 6.22. The van der Waals surface area contributed by atoms with Gasteiger partial charge in [-0.3, -0.25) is 19.4 Å². The second-order valence-corrected chi connectivity index (χ2v) is 7.99. The molecule has 1 aromatic carbocycles. The summed E-state index contributed by atoms with van der Waals surface area (Å²) in [6.45, 7) is 5.87. The predicted molar refractivity (Wildman–Crippen MR) is 109 cm³/mol. The number of β-amino-alcohol motifs (C(OH)–C–C–N with tert-alkyl or cyclic N) is 1. The summed E-state index contributed by atoms with van der Waals surface area (Å²) in [6, 6.07) is 4.67. The van der Waals surface area contributed by atoms with Crippen LogP contribution in [0.25, 0.3) is 0 Å². The molecule has 9 heteroatoms. The second-order valence-electron chi connectivity index (χ2n) is 7.99. The first-order chi connectivity index (χ1) is 14.8. The van der Waals surface area contributed by atoms with Crippen molar-refractivity contribution in [1.82, 2.24) is 15.1 Å². The third-order valence-electron chi connectivity index (χ3n) is 5.87. The number of hydrogen-bond acceptors (Lipinski definition) is 6. The number of alkyl halides is 3. The molecule has 2 fully saturated rings. The summed E-state index contributed by atoms with van der Waals surface area (Å²) in [5.74, 6) is -0.966. The third kappa shape index (κ3) is 6.38. The van der Waals surface area contributed by atoms with Crippen LogP contribution in [0.1, 0.15) is 29.9 Å². The van der Waals surface area contributed by atoms with Crippen LogP contribution in [-0.2, 0) is 15.8 Å². The molecule has 0 bridgehead atoms. The van der Waals surface area contributed by atoms with E-state index in [1.54, 1.807) is 0 Å². The second kappa shape index (κ2) is 10.4. The molecule has 0 amide bonds. The Balaban J connectivity index is 1.47. The lowest BCUT2D eigenvalue weighted by atomic mass is 9.80. The Morgan fingerprint density at radius 3 is 2.03 bits per heavy atom. The van der Waals surface area contributed by atoms with Gasteiger partial charge in [0.05, 0.1) is 17.7 Å². The van der Waals surface area contributed by atoms with Crippen molar-refractivity contribution < 1.29 is 27.9 Å². The fourth-order valence-electron chi connectivity index (χ4n) is 4.01. The molecule has 2 aliphatic rings. The van der Waals surface area contributed by atoms with E-state index in [1.807, 2.05) is 0 Å². The van der Waals surface area contributed by atoms with E-state index in [2.05, 4.69) is 15.1 Å². The highest BCUT2D eigenvalue weighted by atomic mass is 19.4. The number of nitrogens with one attached hydrogen (secondary N) is 1. The summed E-state index contributed by atoms with van der Waals surface area (Å²) >= 11 is 0. The zero-order valence-electron chi connectivity index (χ0n) is 17.3. The summed E-state index contributed by atoms with van der Waals surface area (Å²) in [5, 5.41) is 12.0. The van der Waals surface area contributed by atoms with Crippen molar-refractivity contribution in [2.75, 3.05) is 52.4 Å². The SMILES string of the molecule is O=C1CC(c2ccc(C(F)(F)F)cc2)CC(=O)C1=CNCCN1CCN(CCO)CC1. The monoisotopic (exact) mass is 439 g/mol. The van der Waals surface area contributed by atoms with E-state index in [4.69, 9.17) is 5.11 Å². The minimum atomic E-state index is -4.41. The van der Waals surface area contributed by atoms with Crippen molar-refractivity contribution >= 4 is 11.6 Å². The summed E-state index contributed by atoms with van der Waals surface area (Å²) in [7, 11) is 0. The van der Waals surface area contributed by atoms with Gasteiger partial charge in [-0.1, -0.05) is 12.1 Å². The number of hydrogen-bond donors (Lipinski definition) is 2. The lowest BCUT2D eigenvalue weighted by Gasteiger charge is -2.34. The molecule has 1 aromatic rings. The number of benzene rings is 1. The van der Waals surface area contributed by atoms with Gasteiger partial charge in [0.2, 0.25) is 0 Å². The number of carbonyl (C=O) groups excluding carboxylic acids is 2. The van der Waals surface area contributed by atoms with Gasteiger partial charge in [0.25, 0.3) is 0 Å². The van der Waals surface area contributed by atoms with Crippen LogP contribution in [-0.4, -0.2) is 78.9 Å². The quantitative estimate of drug-likeness (QED) is 0.384. The van der Waals surface area contributed by atoms with Crippen molar-refractivity contribution in [3.8, 4) is 0 Å². The van der Waals surface area contributed by atoms with Gasteiger partial charge < -0.3 is 10.4 Å². The predicted octanol–water partition coefficient (Wildman–Crippen LogP) is 1.80. The van der Waals surface area contributed by atoms with Gasteiger partial charge in [0, 0.05) is 64.9 Å². The van der Waals surface area contributed by atoms with Crippen LogP contribution in [0.15, 0.2) is 36.0 Å². The lowest BCUT2D eigenvalue weighted by molar-refractivity contribution is -0.137. The molecule has 2 N–H and O–H groups in total. The number of aliphatic hydroxyl groups excluding tert-OH is 1. The lowest BCUT2D eigenvalue weighted by Crippen LogP contribution is -2.48. The molecule has 0 aromatic heterocycles. The zero-order chi connectivity index (χ0) is 22.4. The van der Waals surface area contributed by atoms with Crippen molar-refractivity contribution in [1.29, 1.82) is 0 Å². The van der Waals surface area contributed by atoms with Crippen LogP contribution in [0, 0.1) is 0 Å². The first kappa shape index (κ1) is 23.4. The highest BCUT2D eigenvalue weighted by Gasteiger charge is 2.33. The first-order valence-corrected chi connectivity index (χ1v) is 10.5. The molecule has 0 spiro atoms. The molecule has 31 heavy (non-hydrogen) atoms. The fourth-order valence-corrected chi connectivity index (χ4v) is 4.01. The van der Waals surface area contributed by atoms with Crippen molar-refractivity contribution in [3.05, 3.63) is 47.2 Å². The van der Waals surface area contributed by atoms with Gasteiger partial charge in [0.1, 0.15) is 0 Å². The maximum absolute atomic E-state index is 12.7. The van der Waals surface area contributed by atoms with E-state index in [9.17, 15) is 22.8 Å². The Hall–Kier alpha value is -2.23. The molecule has 0 atom stereocenters. The number of ketones is 2. The van der Waals surface area contributed by atoms with Gasteiger partial charge in [-0.2, -0.15) is 13.2 Å². The minimum Gasteiger partial charge on any atom is -0.395 e. The number of Topliss-reactive ketones (excluding diaryl/α,β-unsaturated/α-hetero) is 2. The number of carbonyl (C=O) groups is 2. The third-order valence-corrected chi connectivity index (χ3v) is 5.87. The number of halogens is 3. The van der Waals surface area contributed by atoms with Gasteiger partial charge in [-0.25, -0.2) is 0 Å². The molecule has 6 nitrogen and oxygen atoms in total. The Bertz CT molecular complexity index is 780. The van der Waals surface area contributed by atoms with Crippen molar-refractivity contribution in [3.63, 3.8) is 0 Å². The molecule has 1 heterocycles. The Morgan fingerprint density at radius 1 is 0.968 bits per heavy atom. The highest BCUT2D eigenvalue weighted by Crippen LogP contribution is 2.34. The number of piperazine rings is 1. The fraction of sp³-hybridized carbons (Fsp3) is 0.545. The van der Waals surface area contributed by atoms with Gasteiger partial charge in [-0.15, -0.1) is 0 Å². The molecule has 1 saturated carbocycles. The molecule has 1 aliphatic heterocycles. The molecule has 0 radical (unpaired) electrons. The van der Waals surface area contributed by atoms with Gasteiger partial charge in [-0.05, 0) is 23.6 Å². The topological polar surface area (TPSA) is 72.9 Å². The molecule has 170 valence electrons. The van der Waals surface area contributed by atoms with E-state index in [0.717, 1.165) is 44.9 Å². The molecule has 1 saturated heterocycles. The summed E-state index contributed by atoms with van der Waals surface area (Å²) in [4.78, 5) is 29.4. The van der Waals surface area contributed by atoms with Crippen molar-refractivity contribution in [2.45, 2.75) is 24.9 Å². The van der Waals surface area contributed by atoms with Crippen LogP contribution < -0.4 is 5.32 Å². The number of aliphatic hydroxyl groups is 1. The smallest absolute Gasteiger partial charge is 0.395 e. The Labute approximate surface area is 179 Å². The van der Waals surface area contributed by atoms with Crippen LogP contribution in [0.4, 0.5) is 13.2 Å². The van der Waals surface area contributed by atoms with Crippen molar-refractivity contribution in [2.24, 2.45) is 0 Å². The normalized spacial score (nSPS) is 21.4. The molecule has 0 unspecified atom stereocenters. The van der Waals surface area contributed by atoms with Crippen LogP contribution >= 0.6 is 0 Å². The van der Waals surface area contributed by atoms with E-state index >= 15 is 0 Å². The van der Waals surface area contributed by atoms with Gasteiger partial charge >= 0.3 is 6.18 Å². The van der Waals surface area contributed by atoms with Crippen LogP contribution in [0.5, 0.6) is 0 Å².